The van der Waals surface area contributed by atoms with Crippen LogP contribution in [0.15, 0.2) is 27.6 Å². The summed E-state index contributed by atoms with van der Waals surface area (Å²) in [4.78, 5) is -0.288. The number of benzene rings is 1. The summed E-state index contributed by atoms with van der Waals surface area (Å²) in [6.45, 7) is 3.67. The summed E-state index contributed by atoms with van der Waals surface area (Å²) in [6, 6.07) is 3.77. The molecule has 1 aromatic carbocycles. The van der Waals surface area contributed by atoms with Crippen molar-refractivity contribution in [3.05, 3.63) is 28.5 Å². The maximum Gasteiger partial charge on any atom is 0.245 e. The van der Waals surface area contributed by atoms with Crippen LogP contribution in [0.1, 0.15) is 20.3 Å². The summed E-state index contributed by atoms with van der Waals surface area (Å²) in [6.07, 6.45) is 0.674. The predicted molar refractivity (Wildman–Crippen MR) is 68.8 cm³/mol. The number of hydrogen-bond donors (Lipinski definition) is 0. The molecule has 0 amide bonds. The van der Waals surface area contributed by atoms with Crippen molar-refractivity contribution in [2.75, 3.05) is 7.05 Å². The van der Waals surface area contributed by atoms with Gasteiger partial charge in [-0.25, -0.2) is 12.8 Å². The van der Waals surface area contributed by atoms with E-state index < -0.39 is 15.8 Å². The molecule has 17 heavy (non-hydrogen) atoms. The third-order valence-electron chi connectivity index (χ3n) is 2.76. The normalized spacial score (nSPS) is 14.0. The van der Waals surface area contributed by atoms with Crippen LogP contribution < -0.4 is 0 Å². The molecule has 0 N–H and O–H groups in total. The zero-order valence-electron chi connectivity index (χ0n) is 9.94. The monoisotopic (exact) mass is 323 g/mol. The van der Waals surface area contributed by atoms with Gasteiger partial charge in [0.1, 0.15) is 10.7 Å². The van der Waals surface area contributed by atoms with Gasteiger partial charge in [0.15, 0.2) is 0 Å². The average Bonchev–Trinajstić information content (AvgIpc) is 2.26. The van der Waals surface area contributed by atoms with Gasteiger partial charge in [0.05, 0.1) is 0 Å². The molecule has 0 heterocycles. The molecule has 3 nitrogen and oxygen atoms in total. The summed E-state index contributed by atoms with van der Waals surface area (Å²) in [5, 5.41) is 0. The van der Waals surface area contributed by atoms with E-state index in [0.29, 0.717) is 10.9 Å². The Morgan fingerprint density at radius 3 is 2.53 bits per heavy atom. The Morgan fingerprint density at radius 1 is 1.47 bits per heavy atom. The Labute approximate surface area is 110 Å². The molecule has 0 saturated carbocycles. The number of nitrogens with zero attached hydrogens (tertiary/aromatic N) is 1. The second-order valence-corrected chi connectivity index (χ2v) is 6.73. The fourth-order valence-electron chi connectivity index (χ4n) is 1.33. The molecule has 96 valence electrons. The second kappa shape index (κ2) is 5.46. The van der Waals surface area contributed by atoms with Crippen molar-refractivity contribution in [3.8, 4) is 0 Å². The highest BCUT2D eigenvalue weighted by molar-refractivity contribution is 9.10. The maximum atomic E-state index is 13.6. The second-order valence-electron chi connectivity index (χ2n) is 3.85. The fourth-order valence-corrected chi connectivity index (χ4v) is 3.15. The van der Waals surface area contributed by atoms with Crippen LogP contribution in [0.2, 0.25) is 0 Å². The molecule has 1 atom stereocenters. The van der Waals surface area contributed by atoms with Gasteiger partial charge in [-0.3, -0.25) is 0 Å². The minimum absolute atomic E-state index is 0.164. The van der Waals surface area contributed by atoms with Crippen molar-refractivity contribution in [2.45, 2.75) is 31.2 Å². The maximum absolute atomic E-state index is 13.6. The van der Waals surface area contributed by atoms with Crippen molar-refractivity contribution in [1.82, 2.24) is 4.31 Å². The van der Waals surface area contributed by atoms with Gasteiger partial charge in [-0.1, -0.05) is 22.9 Å². The van der Waals surface area contributed by atoms with Crippen molar-refractivity contribution < 1.29 is 12.8 Å². The largest absolute Gasteiger partial charge is 0.245 e. The third kappa shape index (κ3) is 3.05. The highest BCUT2D eigenvalue weighted by Gasteiger charge is 2.27. The van der Waals surface area contributed by atoms with Crippen molar-refractivity contribution in [3.63, 3.8) is 0 Å². The van der Waals surface area contributed by atoms with Crippen LogP contribution in [0, 0.1) is 5.82 Å². The number of halogens is 2. The Hall–Kier alpha value is -0.460. The van der Waals surface area contributed by atoms with Crippen LogP contribution in [0.3, 0.4) is 0 Å². The lowest BCUT2D eigenvalue weighted by atomic mass is 10.3. The predicted octanol–water partition coefficient (Wildman–Crippen LogP) is 3.01. The van der Waals surface area contributed by atoms with E-state index in [9.17, 15) is 12.8 Å². The molecule has 0 aliphatic carbocycles. The van der Waals surface area contributed by atoms with E-state index in [2.05, 4.69) is 15.9 Å². The van der Waals surface area contributed by atoms with Gasteiger partial charge < -0.3 is 0 Å². The van der Waals surface area contributed by atoms with Crippen molar-refractivity contribution >= 4 is 26.0 Å². The Balaban J connectivity index is 3.22. The minimum atomic E-state index is -3.76. The van der Waals surface area contributed by atoms with Crippen LogP contribution in [0.5, 0.6) is 0 Å². The van der Waals surface area contributed by atoms with Crippen molar-refractivity contribution in [1.29, 1.82) is 0 Å². The van der Waals surface area contributed by atoms with E-state index >= 15 is 0 Å². The third-order valence-corrected chi connectivity index (χ3v) is 5.26. The molecule has 0 spiro atoms. The van der Waals surface area contributed by atoms with E-state index in [-0.39, 0.29) is 10.9 Å². The zero-order chi connectivity index (χ0) is 13.2. The fraction of sp³-hybridized carbons (Fsp3) is 0.455. The van der Waals surface area contributed by atoms with Crippen molar-refractivity contribution in [2.24, 2.45) is 0 Å². The first kappa shape index (κ1) is 14.6. The molecular formula is C11H15BrFNO2S. The first-order valence-corrected chi connectivity index (χ1v) is 7.47. The smallest absolute Gasteiger partial charge is 0.207 e. The summed E-state index contributed by atoms with van der Waals surface area (Å²) in [7, 11) is -2.30. The molecule has 0 aromatic heterocycles. The van der Waals surface area contributed by atoms with E-state index in [1.807, 2.05) is 6.92 Å². The molecule has 0 bridgehead atoms. The lowest BCUT2D eigenvalue weighted by molar-refractivity contribution is 0.378. The lowest BCUT2D eigenvalue weighted by Gasteiger charge is -2.23. The summed E-state index contributed by atoms with van der Waals surface area (Å²) in [5.74, 6) is -0.741. The molecule has 0 aliphatic heterocycles. The Kier molecular flexibility index (Phi) is 4.69. The van der Waals surface area contributed by atoms with Gasteiger partial charge in [-0.2, -0.15) is 4.31 Å². The molecule has 6 heteroatoms. The molecule has 0 radical (unpaired) electrons. The molecule has 0 saturated heterocycles. The summed E-state index contributed by atoms with van der Waals surface area (Å²) < 4.78 is 39.6. The van der Waals surface area contributed by atoms with Gasteiger partial charge in [0.2, 0.25) is 10.0 Å². The van der Waals surface area contributed by atoms with E-state index in [0.717, 1.165) is 6.07 Å². The lowest BCUT2D eigenvalue weighted by Crippen LogP contribution is -2.35. The first-order valence-electron chi connectivity index (χ1n) is 5.23. The molecule has 1 rings (SSSR count). The van der Waals surface area contributed by atoms with Crippen LogP contribution in [0.25, 0.3) is 0 Å². The number of rotatable bonds is 4. The highest BCUT2D eigenvalue weighted by atomic mass is 79.9. The van der Waals surface area contributed by atoms with Crippen LogP contribution >= 0.6 is 15.9 Å². The molecule has 0 fully saturated rings. The molecule has 1 aromatic rings. The quantitative estimate of drug-likeness (QED) is 0.854. The number of sulfonamides is 1. The topological polar surface area (TPSA) is 37.4 Å². The first-order chi connectivity index (χ1) is 7.80. The van der Waals surface area contributed by atoms with Crippen LogP contribution in [-0.2, 0) is 10.0 Å². The van der Waals surface area contributed by atoms with E-state index in [1.165, 1.54) is 23.5 Å². The van der Waals surface area contributed by atoms with Gasteiger partial charge in [-0.15, -0.1) is 0 Å². The molecular weight excluding hydrogens is 309 g/mol. The SMILES string of the molecule is CCC(C)N(C)S(=O)(=O)c1ccc(Br)cc1F. The number of hydrogen-bond acceptors (Lipinski definition) is 2. The molecule has 1 unspecified atom stereocenters. The van der Waals surface area contributed by atoms with Gasteiger partial charge in [0.25, 0.3) is 0 Å². The van der Waals surface area contributed by atoms with Gasteiger partial charge in [0, 0.05) is 17.6 Å². The standard InChI is InChI=1S/C11H15BrFNO2S/c1-4-8(2)14(3)17(15,16)11-6-5-9(12)7-10(11)13/h5-8H,4H2,1-3H3. The minimum Gasteiger partial charge on any atom is -0.207 e. The van der Waals surface area contributed by atoms with Gasteiger partial charge in [-0.05, 0) is 31.5 Å². The van der Waals surface area contributed by atoms with E-state index in [4.69, 9.17) is 0 Å². The van der Waals surface area contributed by atoms with Crippen LogP contribution in [-0.4, -0.2) is 25.8 Å². The Morgan fingerprint density at radius 2 is 2.06 bits per heavy atom. The molecule has 0 aliphatic rings. The highest BCUT2D eigenvalue weighted by Crippen LogP contribution is 2.23. The summed E-state index contributed by atoms with van der Waals surface area (Å²) >= 11 is 3.09. The van der Waals surface area contributed by atoms with Gasteiger partial charge >= 0.3 is 0 Å². The average molecular weight is 324 g/mol. The zero-order valence-corrected chi connectivity index (χ0v) is 12.3. The Bertz CT molecular complexity index is 504. The van der Waals surface area contributed by atoms with Crippen LogP contribution in [0.4, 0.5) is 4.39 Å². The summed E-state index contributed by atoms with van der Waals surface area (Å²) in [5.41, 5.74) is 0. The van der Waals surface area contributed by atoms with E-state index in [1.54, 1.807) is 6.92 Å².